The maximum atomic E-state index is 3.57. The van der Waals surface area contributed by atoms with Crippen molar-refractivity contribution in [1.82, 2.24) is 0 Å². The summed E-state index contributed by atoms with van der Waals surface area (Å²) >= 11 is 0. The summed E-state index contributed by atoms with van der Waals surface area (Å²) in [5.41, 5.74) is 9.29. The van der Waals surface area contributed by atoms with Gasteiger partial charge in [-0.3, -0.25) is 0 Å². The number of hydrogen-bond donors (Lipinski definition) is 0. The lowest BCUT2D eigenvalue weighted by Gasteiger charge is -2.23. The first-order chi connectivity index (χ1) is 21.7. The van der Waals surface area contributed by atoms with Crippen molar-refractivity contribution in [3.05, 3.63) is 118 Å². The van der Waals surface area contributed by atoms with Gasteiger partial charge in [0.05, 0.1) is 0 Å². The lowest BCUT2D eigenvalue weighted by Crippen LogP contribution is -2.11. The number of anilines is 2. The van der Waals surface area contributed by atoms with Gasteiger partial charge < -0.3 is 9.80 Å². The molecule has 0 aliphatic heterocycles. The maximum absolute atomic E-state index is 3.57. The van der Waals surface area contributed by atoms with Gasteiger partial charge in [0, 0.05) is 83.4 Å². The van der Waals surface area contributed by atoms with E-state index in [0.717, 1.165) is 33.6 Å². The highest BCUT2D eigenvalue weighted by atomic mass is 15.1. The Labute approximate surface area is 275 Å². The Morgan fingerprint density at radius 3 is 1.04 bits per heavy atom. The molecule has 0 aliphatic rings. The third kappa shape index (κ3) is 5.77. The molecule has 2 heteroatoms. The Kier molecular flexibility index (Phi) is 7.74. The molecule has 0 saturated heterocycles. The van der Waals surface area contributed by atoms with Crippen molar-refractivity contribution in [1.29, 1.82) is 0 Å². The SMILES string of the molecule is CN(C)c1cc(C#Cc2ccc(C(C)(C)C)cc2)c2ccc3c(N(C)C)cc(C#Cc4ccc(C(C)(C)C)cc4)c4ccc1c2c43. The second kappa shape index (κ2) is 11.5. The molecule has 0 atom stereocenters. The van der Waals surface area contributed by atoms with Gasteiger partial charge >= 0.3 is 0 Å². The molecular formula is C44H44N2. The summed E-state index contributed by atoms with van der Waals surface area (Å²) in [6.45, 7) is 13.4. The highest BCUT2D eigenvalue weighted by molar-refractivity contribution is 6.29. The van der Waals surface area contributed by atoms with Gasteiger partial charge in [0.15, 0.2) is 0 Å². The minimum atomic E-state index is 0.115. The molecule has 6 aromatic carbocycles. The zero-order valence-corrected chi connectivity index (χ0v) is 29.0. The molecule has 2 nitrogen and oxygen atoms in total. The van der Waals surface area contributed by atoms with Crippen LogP contribution in [0.3, 0.4) is 0 Å². The maximum Gasteiger partial charge on any atom is 0.0453 e. The lowest BCUT2D eigenvalue weighted by molar-refractivity contribution is 0.590. The molecule has 46 heavy (non-hydrogen) atoms. The van der Waals surface area contributed by atoms with E-state index in [1.807, 2.05) is 0 Å². The van der Waals surface area contributed by atoms with Crippen LogP contribution < -0.4 is 9.80 Å². The van der Waals surface area contributed by atoms with E-state index in [4.69, 9.17) is 0 Å². The van der Waals surface area contributed by atoms with Crippen LogP contribution in [0.2, 0.25) is 0 Å². The smallest absolute Gasteiger partial charge is 0.0453 e. The van der Waals surface area contributed by atoms with Gasteiger partial charge in [0.1, 0.15) is 0 Å². The number of hydrogen-bond acceptors (Lipinski definition) is 2. The summed E-state index contributed by atoms with van der Waals surface area (Å²) in [7, 11) is 8.45. The van der Waals surface area contributed by atoms with Crippen LogP contribution in [0.1, 0.15) is 74.9 Å². The molecule has 6 rings (SSSR count). The molecule has 0 saturated carbocycles. The molecule has 0 aromatic heterocycles. The van der Waals surface area contributed by atoms with Crippen LogP contribution in [0, 0.1) is 23.7 Å². The topological polar surface area (TPSA) is 6.48 Å². The Bertz CT molecular complexity index is 2030. The highest BCUT2D eigenvalue weighted by Crippen LogP contribution is 2.44. The van der Waals surface area contributed by atoms with E-state index < -0.39 is 0 Å². The first-order valence-electron chi connectivity index (χ1n) is 16.1. The molecule has 0 bridgehead atoms. The highest BCUT2D eigenvalue weighted by Gasteiger charge is 2.19. The van der Waals surface area contributed by atoms with E-state index in [1.165, 1.54) is 43.4 Å². The van der Waals surface area contributed by atoms with Crippen LogP contribution in [0.25, 0.3) is 32.3 Å². The summed E-state index contributed by atoms with van der Waals surface area (Å²) in [5.74, 6) is 14.1. The van der Waals surface area contributed by atoms with Crippen LogP contribution in [0.5, 0.6) is 0 Å². The average Bonchev–Trinajstić information content (AvgIpc) is 3.01. The zero-order valence-electron chi connectivity index (χ0n) is 29.0. The standard InChI is InChI=1S/C44H44N2/c1-43(2,3)33-19-13-29(14-20-33)11-17-31-27-39(45(7)8)37-26-24-36-32(18-12-30-15-21-34(22-16-30)44(4,5)6)28-40(46(9)10)38-25-23-35(31)41(37)42(36)38/h13-16,19-28H,1-10H3. The second-order valence-electron chi connectivity index (χ2n) is 14.9. The minimum absolute atomic E-state index is 0.115. The molecule has 0 amide bonds. The van der Waals surface area contributed by atoms with Gasteiger partial charge in [0.25, 0.3) is 0 Å². The fourth-order valence-electron chi connectivity index (χ4n) is 6.29. The fraction of sp³-hybridized carbons (Fsp3) is 0.273. The van der Waals surface area contributed by atoms with Gasteiger partial charge in [-0.1, -0.05) is 114 Å². The first-order valence-corrected chi connectivity index (χ1v) is 16.1. The van der Waals surface area contributed by atoms with E-state index in [9.17, 15) is 0 Å². The van der Waals surface area contributed by atoms with Crippen molar-refractivity contribution in [3.63, 3.8) is 0 Å². The third-order valence-electron chi connectivity index (χ3n) is 9.00. The Balaban J connectivity index is 1.57. The number of nitrogens with zero attached hydrogens (tertiary/aromatic N) is 2. The minimum Gasteiger partial charge on any atom is -0.377 e. The van der Waals surface area contributed by atoms with Gasteiger partial charge in [-0.25, -0.2) is 0 Å². The van der Waals surface area contributed by atoms with Crippen molar-refractivity contribution in [2.24, 2.45) is 0 Å². The van der Waals surface area contributed by atoms with Crippen molar-refractivity contribution < 1.29 is 0 Å². The van der Waals surface area contributed by atoms with E-state index in [0.29, 0.717) is 0 Å². The van der Waals surface area contributed by atoms with E-state index in [2.05, 4.69) is 188 Å². The molecule has 6 aromatic rings. The van der Waals surface area contributed by atoms with Gasteiger partial charge in [-0.15, -0.1) is 0 Å². The monoisotopic (exact) mass is 600 g/mol. The molecule has 0 heterocycles. The lowest BCUT2D eigenvalue weighted by atomic mass is 9.86. The fourth-order valence-corrected chi connectivity index (χ4v) is 6.29. The molecule has 0 N–H and O–H groups in total. The predicted octanol–water partition coefficient (Wildman–Crippen LogP) is 10.1. The normalized spacial score (nSPS) is 11.8. The number of benzene rings is 6. The Hall–Kier alpha value is -4.92. The van der Waals surface area contributed by atoms with Crippen LogP contribution in [0.4, 0.5) is 11.4 Å². The van der Waals surface area contributed by atoms with Crippen molar-refractivity contribution in [2.45, 2.75) is 52.4 Å². The van der Waals surface area contributed by atoms with Crippen LogP contribution in [-0.4, -0.2) is 28.2 Å². The van der Waals surface area contributed by atoms with Crippen LogP contribution in [-0.2, 0) is 10.8 Å². The predicted molar refractivity (Wildman–Crippen MR) is 201 cm³/mol. The molecule has 0 radical (unpaired) electrons. The van der Waals surface area contributed by atoms with Gasteiger partial charge in [-0.05, 0) is 69.1 Å². The number of rotatable bonds is 2. The molecule has 0 fully saturated rings. The molecular weight excluding hydrogens is 556 g/mol. The van der Waals surface area contributed by atoms with E-state index >= 15 is 0 Å². The summed E-state index contributed by atoms with van der Waals surface area (Å²) in [6.07, 6.45) is 0. The van der Waals surface area contributed by atoms with Crippen LogP contribution in [0.15, 0.2) is 84.9 Å². The van der Waals surface area contributed by atoms with Crippen molar-refractivity contribution in [3.8, 4) is 23.7 Å². The Morgan fingerprint density at radius 2 is 0.739 bits per heavy atom. The molecule has 0 unspecified atom stereocenters. The summed E-state index contributed by atoms with van der Waals surface area (Å²) in [5, 5.41) is 7.29. The summed E-state index contributed by atoms with van der Waals surface area (Å²) in [6, 6.07) is 30.9. The van der Waals surface area contributed by atoms with E-state index in [-0.39, 0.29) is 10.8 Å². The van der Waals surface area contributed by atoms with Crippen molar-refractivity contribution >= 4 is 43.7 Å². The molecule has 230 valence electrons. The third-order valence-corrected chi connectivity index (χ3v) is 9.00. The first kappa shape index (κ1) is 31.1. The van der Waals surface area contributed by atoms with Gasteiger partial charge in [-0.2, -0.15) is 0 Å². The van der Waals surface area contributed by atoms with E-state index in [1.54, 1.807) is 0 Å². The largest absolute Gasteiger partial charge is 0.377 e. The van der Waals surface area contributed by atoms with Crippen LogP contribution >= 0.6 is 0 Å². The summed E-state index contributed by atoms with van der Waals surface area (Å²) < 4.78 is 0. The Morgan fingerprint density at radius 1 is 0.413 bits per heavy atom. The second-order valence-corrected chi connectivity index (χ2v) is 14.9. The summed E-state index contributed by atoms with van der Waals surface area (Å²) in [4.78, 5) is 4.40. The quantitative estimate of drug-likeness (QED) is 0.144. The van der Waals surface area contributed by atoms with Gasteiger partial charge in [0.2, 0.25) is 0 Å². The molecule has 0 aliphatic carbocycles. The van der Waals surface area contributed by atoms with Crippen molar-refractivity contribution in [2.75, 3.05) is 38.0 Å². The molecule has 0 spiro atoms. The average molecular weight is 601 g/mol. The zero-order chi connectivity index (χ0) is 33.0.